The molecule has 360 valence electrons. The number of ketones is 1. The van der Waals surface area contributed by atoms with Crippen molar-refractivity contribution in [2.45, 2.75) is 128 Å². The number of aromatic nitrogens is 4. The molecule has 63 heavy (non-hydrogen) atoms. The fraction of sp³-hybridized carbons (Fsp3) is 0.771. The van der Waals surface area contributed by atoms with Crippen LogP contribution >= 0.6 is 35.2 Å². The quantitative estimate of drug-likeness (QED) is 0.0376. The molecule has 7 atom stereocenters. The summed E-state index contributed by atoms with van der Waals surface area (Å²) >= 11 is 1.43. The molecular weight excluding hydrogens is 915 g/mol. The molecule has 1 saturated heterocycles. The molecule has 1 fully saturated rings. The number of hydrogen-bond donors (Lipinski definition) is 9. The molecule has 0 saturated carbocycles. The van der Waals surface area contributed by atoms with E-state index in [0.29, 0.717) is 24.5 Å². The van der Waals surface area contributed by atoms with Crippen molar-refractivity contribution in [3.05, 3.63) is 12.7 Å². The smallest absolute Gasteiger partial charge is 0.386 e. The Kier molecular flexibility index (Phi) is 22.7. The maximum atomic E-state index is 12.7. The number of carbonyl (C=O) groups excluding carboxylic acids is 3. The van der Waals surface area contributed by atoms with Crippen molar-refractivity contribution in [1.82, 2.24) is 30.2 Å². The minimum absolute atomic E-state index is 0.0342. The highest BCUT2D eigenvalue weighted by atomic mass is 32.2. The van der Waals surface area contributed by atoms with Gasteiger partial charge in [-0.05, 0) is 6.42 Å². The van der Waals surface area contributed by atoms with Crippen LogP contribution in [0.4, 0.5) is 5.82 Å². The van der Waals surface area contributed by atoms with Crippen LogP contribution in [0.25, 0.3) is 11.2 Å². The summed E-state index contributed by atoms with van der Waals surface area (Å²) in [6.45, 7) is 2.88. The van der Waals surface area contributed by atoms with Gasteiger partial charge < -0.3 is 50.9 Å². The number of Topliss-reactive ketones (excluding diaryl/α,β-unsaturated/α-hetero) is 1. The molecule has 1 aliphatic heterocycles. The summed E-state index contributed by atoms with van der Waals surface area (Å²) in [5, 5.41) is 26.6. The van der Waals surface area contributed by atoms with Crippen molar-refractivity contribution in [2.75, 3.05) is 43.5 Å². The van der Waals surface area contributed by atoms with Crippen LogP contribution in [0.3, 0.4) is 0 Å². The molecule has 0 bridgehead atoms. The third-order valence-electron chi connectivity index (χ3n) is 9.72. The average molecular weight is 978 g/mol. The Hall–Kier alpha value is -2.44. The number of unbranched alkanes of at least 4 members (excludes halogenated alkanes) is 9. The van der Waals surface area contributed by atoms with Gasteiger partial charge in [0, 0.05) is 37.1 Å². The third kappa shape index (κ3) is 19.5. The van der Waals surface area contributed by atoms with E-state index in [2.05, 4.69) is 41.3 Å². The fourth-order valence-corrected chi connectivity index (χ4v) is 9.86. The SMILES string of the molecule is CCCCCCCCCCCCC(=O)CSCCNC(=O)CCNC(=O)[C@@H](O)C(C)(C)COP(=O)(O)OP(=O)(O)OC[C@H]1O[C@@H](n2cnc3c(N)ncnc32)[C@H](O)[C@@H]1OP(=O)(O)O. The Morgan fingerprint density at radius 1 is 0.921 bits per heavy atom. The first-order valence-electron chi connectivity index (χ1n) is 20.5. The van der Waals surface area contributed by atoms with Crippen molar-refractivity contribution in [1.29, 1.82) is 0 Å². The van der Waals surface area contributed by atoms with Gasteiger partial charge in [-0.2, -0.15) is 16.1 Å². The molecule has 0 radical (unpaired) electrons. The molecule has 2 amide bonds. The highest BCUT2D eigenvalue weighted by Crippen LogP contribution is 2.61. The Labute approximate surface area is 369 Å². The normalized spacial score (nSPS) is 20.6. The van der Waals surface area contributed by atoms with Crippen LogP contribution in [0.15, 0.2) is 12.7 Å². The lowest BCUT2D eigenvalue weighted by atomic mass is 9.87. The van der Waals surface area contributed by atoms with E-state index in [-0.39, 0.29) is 41.6 Å². The van der Waals surface area contributed by atoms with Gasteiger partial charge in [-0.1, -0.05) is 78.6 Å². The standard InChI is InChI=1S/C35H62N7O17P3S/c1-4-5-6-7-8-9-10-11-12-13-14-24(43)20-63-18-17-37-26(44)15-16-38-33(47)30(46)35(2,3)21-56-62(53,54)59-61(51,52)55-19-25-29(58-60(48,49)50)28(45)34(57-25)42-23-41-27-31(36)39-22-40-32(27)42/h22-23,25,28-30,34,45-46H,4-21H2,1-3H3,(H,37,44)(H,38,47)(H,51,52)(H,53,54)(H2,36,39,40)(H2,48,49,50)/t25-,28-,29-,30-,34-/m1/s1. The summed E-state index contributed by atoms with van der Waals surface area (Å²) in [5.41, 5.74) is 4.29. The van der Waals surface area contributed by atoms with E-state index in [1.807, 2.05) is 0 Å². The van der Waals surface area contributed by atoms with Crippen LogP contribution in [-0.4, -0.2) is 129 Å². The molecule has 10 N–H and O–H groups in total. The number of amides is 2. The second-order valence-corrected chi connectivity index (χ2v) is 20.9. The maximum Gasteiger partial charge on any atom is 0.481 e. The van der Waals surface area contributed by atoms with Crippen LogP contribution in [0.5, 0.6) is 0 Å². The van der Waals surface area contributed by atoms with Gasteiger partial charge in [0.05, 0.1) is 25.3 Å². The molecule has 1 aliphatic rings. The van der Waals surface area contributed by atoms with Crippen molar-refractivity contribution in [3.63, 3.8) is 0 Å². The number of rotatable bonds is 32. The number of thioether (sulfide) groups is 1. The van der Waals surface area contributed by atoms with Crippen molar-refractivity contribution < 1.29 is 80.5 Å². The van der Waals surface area contributed by atoms with Gasteiger partial charge in [-0.15, -0.1) is 0 Å². The number of anilines is 1. The first-order chi connectivity index (χ1) is 29.6. The maximum absolute atomic E-state index is 12.7. The number of nitrogens with zero attached hydrogens (tertiary/aromatic N) is 4. The fourth-order valence-electron chi connectivity index (χ4n) is 6.27. The number of hydrogen-bond acceptors (Lipinski definition) is 18. The molecular formula is C35H62N7O17P3S. The third-order valence-corrected chi connectivity index (χ3v) is 13.8. The van der Waals surface area contributed by atoms with E-state index in [9.17, 15) is 57.9 Å². The second kappa shape index (κ2) is 26.0. The molecule has 3 heterocycles. The second-order valence-electron chi connectivity index (χ2n) is 15.6. The summed E-state index contributed by atoms with van der Waals surface area (Å²) in [4.78, 5) is 88.1. The monoisotopic (exact) mass is 977 g/mol. The van der Waals surface area contributed by atoms with Crippen LogP contribution in [0.1, 0.15) is 104 Å². The molecule has 28 heteroatoms. The summed E-state index contributed by atoms with van der Waals surface area (Å²) in [7, 11) is -16.4. The Balaban J connectivity index is 1.35. The summed E-state index contributed by atoms with van der Waals surface area (Å²) in [5.74, 6) is -0.306. The van der Waals surface area contributed by atoms with Crippen molar-refractivity contribution in [2.24, 2.45) is 5.41 Å². The van der Waals surface area contributed by atoms with Crippen molar-refractivity contribution in [3.8, 4) is 0 Å². The number of aliphatic hydroxyl groups excluding tert-OH is 2. The van der Waals surface area contributed by atoms with Crippen LogP contribution < -0.4 is 16.4 Å². The molecule has 24 nitrogen and oxygen atoms in total. The molecule has 0 spiro atoms. The molecule has 2 aromatic heterocycles. The number of imidazole rings is 1. The minimum atomic E-state index is -5.57. The summed E-state index contributed by atoms with van der Waals surface area (Å²) in [6.07, 6.45) is 5.67. The molecule has 2 aromatic rings. The van der Waals surface area contributed by atoms with E-state index >= 15 is 0 Å². The number of carbonyl (C=O) groups is 3. The predicted molar refractivity (Wildman–Crippen MR) is 228 cm³/mol. The highest BCUT2D eigenvalue weighted by molar-refractivity contribution is 7.99. The van der Waals surface area contributed by atoms with E-state index in [1.54, 1.807) is 0 Å². The topological polar surface area (TPSA) is 364 Å². The number of phosphoric ester groups is 3. The largest absolute Gasteiger partial charge is 0.481 e. The van der Waals surface area contributed by atoms with Crippen LogP contribution in [0.2, 0.25) is 0 Å². The van der Waals surface area contributed by atoms with Gasteiger partial charge in [0.2, 0.25) is 11.8 Å². The number of phosphoric acid groups is 3. The number of nitrogens with one attached hydrogen (secondary N) is 2. The lowest BCUT2D eigenvalue weighted by molar-refractivity contribution is -0.137. The molecule has 0 aliphatic carbocycles. The molecule has 0 aromatic carbocycles. The number of fused-ring (bicyclic) bond motifs is 1. The minimum Gasteiger partial charge on any atom is -0.386 e. The molecule has 2 unspecified atom stereocenters. The van der Waals surface area contributed by atoms with Gasteiger partial charge in [0.15, 0.2) is 17.7 Å². The van der Waals surface area contributed by atoms with Crippen LogP contribution in [-0.2, 0) is 50.7 Å². The summed E-state index contributed by atoms with van der Waals surface area (Å²) < 4.78 is 62.3. The first kappa shape index (κ1) is 54.9. The molecule has 3 rings (SSSR count). The zero-order valence-corrected chi connectivity index (χ0v) is 39.1. The zero-order valence-electron chi connectivity index (χ0n) is 35.6. The van der Waals surface area contributed by atoms with Gasteiger partial charge >= 0.3 is 23.5 Å². The lowest BCUT2D eigenvalue weighted by Gasteiger charge is -2.30. The zero-order chi connectivity index (χ0) is 46.8. The Morgan fingerprint density at radius 3 is 2.21 bits per heavy atom. The van der Waals surface area contributed by atoms with Crippen molar-refractivity contribution >= 4 is 69.8 Å². The van der Waals surface area contributed by atoms with Gasteiger partial charge in [-0.3, -0.25) is 32.5 Å². The lowest BCUT2D eigenvalue weighted by Crippen LogP contribution is -2.46. The predicted octanol–water partition coefficient (Wildman–Crippen LogP) is 3.02. The van der Waals surface area contributed by atoms with E-state index in [0.717, 1.165) is 36.5 Å². The van der Waals surface area contributed by atoms with Gasteiger partial charge in [-0.25, -0.2) is 28.6 Å². The van der Waals surface area contributed by atoms with E-state index < -0.39 is 78.6 Å². The van der Waals surface area contributed by atoms with E-state index in [1.165, 1.54) is 70.6 Å². The first-order valence-corrected chi connectivity index (χ1v) is 26.2. The number of ether oxygens (including phenoxy) is 1. The van der Waals surface area contributed by atoms with Gasteiger partial charge in [0.1, 0.15) is 42.0 Å². The number of nitrogen functional groups attached to an aromatic ring is 1. The highest BCUT2D eigenvalue weighted by Gasteiger charge is 2.50. The van der Waals surface area contributed by atoms with E-state index in [4.69, 9.17) is 19.5 Å². The number of nitrogens with two attached hydrogens (primary N) is 1. The Morgan fingerprint density at radius 2 is 1.56 bits per heavy atom. The summed E-state index contributed by atoms with van der Waals surface area (Å²) in [6, 6.07) is 0. The Bertz CT molecular complexity index is 1920. The van der Waals surface area contributed by atoms with Gasteiger partial charge in [0.25, 0.3) is 0 Å². The average Bonchev–Trinajstić information content (AvgIpc) is 3.76. The number of aliphatic hydroxyl groups is 2. The van der Waals surface area contributed by atoms with Crippen LogP contribution in [0, 0.1) is 5.41 Å².